The van der Waals surface area contributed by atoms with E-state index >= 15 is 0 Å². The van der Waals surface area contributed by atoms with Crippen LogP contribution in [0.3, 0.4) is 0 Å². The van der Waals surface area contributed by atoms with Crippen molar-refractivity contribution >= 4 is 10.8 Å². The maximum absolute atomic E-state index is 11.6. The predicted octanol–water partition coefficient (Wildman–Crippen LogP) is 2.93. The summed E-state index contributed by atoms with van der Waals surface area (Å²) in [5.74, 6) is 0.667. The monoisotopic (exact) mass is 398 g/mol. The van der Waals surface area contributed by atoms with Gasteiger partial charge in [-0.3, -0.25) is 4.79 Å². The molecule has 0 aliphatic heterocycles. The van der Waals surface area contributed by atoms with E-state index in [9.17, 15) is 4.79 Å². The number of hydrogen-bond donors (Lipinski definition) is 0. The molecule has 16 heavy (non-hydrogen) atoms. The molecule has 1 heterocycles. The zero-order valence-corrected chi connectivity index (χ0v) is 11.2. The first-order valence-corrected chi connectivity index (χ1v) is 5.25. The minimum atomic E-state index is -0.254. The van der Waals surface area contributed by atoms with Gasteiger partial charge in [0, 0.05) is 5.76 Å². The van der Waals surface area contributed by atoms with Crippen LogP contribution in [-0.4, -0.2) is 0 Å². The second kappa shape index (κ2) is 6.04. The van der Waals surface area contributed by atoms with Crippen molar-refractivity contribution in [2.75, 3.05) is 0 Å². The van der Waals surface area contributed by atoms with E-state index in [-0.39, 0.29) is 28.0 Å². The van der Waals surface area contributed by atoms with Crippen LogP contribution in [0.5, 0.6) is 0 Å². The smallest absolute Gasteiger partial charge is 0.450 e. The van der Waals surface area contributed by atoms with E-state index in [1.54, 1.807) is 6.07 Å². The average Bonchev–Trinajstić information content (AvgIpc) is 2.26. The number of rotatable bonds is 3. The van der Waals surface area contributed by atoms with Crippen LogP contribution in [0, 0.1) is 6.07 Å². The summed E-state index contributed by atoms with van der Waals surface area (Å²) in [4.78, 5) is 11.6. The Hall–Kier alpha value is -0.830. The Morgan fingerprint density at radius 1 is 1.31 bits per heavy atom. The Labute approximate surface area is 110 Å². The van der Waals surface area contributed by atoms with Crippen molar-refractivity contribution in [2.24, 2.45) is 0 Å². The van der Waals surface area contributed by atoms with Crippen molar-refractivity contribution in [1.82, 2.24) is 0 Å². The van der Waals surface area contributed by atoms with E-state index in [0.29, 0.717) is 11.1 Å². The number of aryl methyl sites for hydroxylation is 1. The van der Waals surface area contributed by atoms with Crippen molar-refractivity contribution in [2.45, 2.75) is 26.2 Å². The SMILES string of the molecule is CCCCc1[c-]c2ccccc2c(=O)o1.[Au+]. The van der Waals surface area contributed by atoms with Gasteiger partial charge in [-0.2, -0.15) is 11.5 Å². The van der Waals surface area contributed by atoms with E-state index in [0.717, 1.165) is 24.6 Å². The molecule has 0 aliphatic carbocycles. The molecule has 88 valence electrons. The third-order valence-corrected chi connectivity index (χ3v) is 2.39. The number of benzene rings is 1. The fraction of sp³-hybridized carbons (Fsp3) is 0.308. The van der Waals surface area contributed by atoms with Crippen molar-refractivity contribution in [3.05, 3.63) is 46.5 Å². The van der Waals surface area contributed by atoms with E-state index in [2.05, 4.69) is 13.0 Å². The maximum atomic E-state index is 11.6. The third-order valence-electron chi connectivity index (χ3n) is 2.39. The van der Waals surface area contributed by atoms with Crippen LogP contribution in [0.15, 0.2) is 33.5 Å². The Balaban J connectivity index is 0.00000128. The molecule has 0 unspecified atom stereocenters. The Kier molecular flexibility index (Phi) is 5.00. The summed E-state index contributed by atoms with van der Waals surface area (Å²) in [5, 5.41) is 1.46. The van der Waals surface area contributed by atoms with E-state index in [1.807, 2.05) is 18.2 Å². The molecule has 3 heteroatoms. The summed E-state index contributed by atoms with van der Waals surface area (Å²) >= 11 is 0. The van der Waals surface area contributed by atoms with E-state index in [4.69, 9.17) is 4.42 Å². The van der Waals surface area contributed by atoms with Gasteiger partial charge in [-0.1, -0.05) is 19.4 Å². The summed E-state index contributed by atoms with van der Waals surface area (Å²) in [7, 11) is 0. The fourth-order valence-corrected chi connectivity index (χ4v) is 1.56. The van der Waals surface area contributed by atoms with Crippen molar-refractivity contribution < 1.29 is 26.8 Å². The predicted molar refractivity (Wildman–Crippen MR) is 59.9 cm³/mol. The quantitative estimate of drug-likeness (QED) is 0.588. The molecule has 0 radical (unpaired) electrons. The standard InChI is InChI=1S/C13H13O2.Au/c1-2-3-7-11-9-10-6-4-5-8-12(10)13(14)15-11;/h4-6,8H,2-3,7H2,1H3;/q-1;+1. The minimum Gasteiger partial charge on any atom is -0.450 e. The van der Waals surface area contributed by atoms with Crippen LogP contribution in [0.2, 0.25) is 0 Å². The van der Waals surface area contributed by atoms with Crippen molar-refractivity contribution in [3.63, 3.8) is 0 Å². The first-order chi connectivity index (χ1) is 7.31. The van der Waals surface area contributed by atoms with E-state index < -0.39 is 0 Å². The minimum absolute atomic E-state index is 0. The molecule has 0 fully saturated rings. The average molecular weight is 398 g/mol. The summed E-state index contributed by atoms with van der Waals surface area (Å²) in [6.07, 6.45) is 2.90. The van der Waals surface area contributed by atoms with Gasteiger partial charge in [-0.05, 0) is 18.2 Å². The van der Waals surface area contributed by atoms with Crippen LogP contribution in [0.4, 0.5) is 0 Å². The molecule has 0 aliphatic rings. The Bertz CT molecular complexity index is 517. The molecule has 0 spiro atoms. The first kappa shape index (κ1) is 13.2. The molecule has 0 bridgehead atoms. The van der Waals surface area contributed by atoms with Crippen LogP contribution < -0.4 is 5.63 Å². The van der Waals surface area contributed by atoms with Gasteiger partial charge in [0.1, 0.15) is 0 Å². The second-order valence-corrected chi connectivity index (χ2v) is 3.59. The topological polar surface area (TPSA) is 30.2 Å². The molecule has 0 N–H and O–H groups in total. The van der Waals surface area contributed by atoms with Crippen molar-refractivity contribution in [3.8, 4) is 0 Å². The molecule has 1 aromatic carbocycles. The molecular weight excluding hydrogens is 385 g/mol. The third kappa shape index (κ3) is 2.85. The largest absolute Gasteiger partial charge is 1.00 e. The normalized spacial score (nSPS) is 10.1. The summed E-state index contributed by atoms with van der Waals surface area (Å²) in [5.41, 5.74) is -0.254. The number of unbranched alkanes of at least 4 members (excludes halogenated alkanes) is 1. The summed E-state index contributed by atoms with van der Waals surface area (Å²) < 4.78 is 5.18. The zero-order chi connectivity index (χ0) is 10.7. The molecule has 2 nitrogen and oxygen atoms in total. The van der Waals surface area contributed by atoms with Crippen molar-refractivity contribution in [1.29, 1.82) is 0 Å². The molecule has 1 aromatic heterocycles. The van der Waals surface area contributed by atoms with Gasteiger partial charge in [0.25, 0.3) is 5.63 Å². The molecule has 0 atom stereocenters. The van der Waals surface area contributed by atoms with Gasteiger partial charge < -0.3 is 4.42 Å². The summed E-state index contributed by atoms with van der Waals surface area (Å²) in [6.45, 7) is 2.11. The molecule has 2 aromatic rings. The van der Waals surface area contributed by atoms with Gasteiger partial charge in [0.2, 0.25) is 0 Å². The summed E-state index contributed by atoms with van der Waals surface area (Å²) in [6, 6.07) is 10.5. The molecule has 0 saturated carbocycles. The van der Waals surface area contributed by atoms with Gasteiger partial charge in [0.05, 0.1) is 0 Å². The van der Waals surface area contributed by atoms with Gasteiger partial charge in [-0.15, -0.1) is 18.2 Å². The Morgan fingerprint density at radius 2 is 2.06 bits per heavy atom. The van der Waals surface area contributed by atoms with Gasteiger partial charge in [-0.25, -0.2) is 0 Å². The maximum Gasteiger partial charge on any atom is 1.00 e. The fourth-order valence-electron chi connectivity index (χ4n) is 1.56. The molecule has 0 amide bonds. The Morgan fingerprint density at radius 3 is 2.81 bits per heavy atom. The second-order valence-electron chi connectivity index (χ2n) is 3.59. The number of hydrogen-bond acceptors (Lipinski definition) is 2. The van der Waals surface area contributed by atoms with Crippen LogP contribution in [0.25, 0.3) is 10.8 Å². The van der Waals surface area contributed by atoms with Gasteiger partial charge in [0.15, 0.2) is 0 Å². The van der Waals surface area contributed by atoms with Crippen LogP contribution in [0.1, 0.15) is 25.5 Å². The van der Waals surface area contributed by atoms with Crippen LogP contribution in [-0.2, 0) is 28.8 Å². The van der Waals surface area contributed by atoms with E-state index in [1.165, 1.54) is 0 Å². The first-order valence-electron chi connectivity index (χ1n) is 5.25. The molecule has 0 saturated heterocycles. The zero-order valence-electron chi connectivity index (χ0n) is 9.05. The number of fused-ring (bicyclic) bond motifs is 1. The molecular formula is C13H13AuO2. The molecule has 2 rings (SSSR count). The van der Waals surface area contributed by atoms with Gasteiger partial charge >= 0.3 is 22.4 Å². The van der Waals surface area contributed by atoms with Crippen LogP contribution >= 0.6 is 0 Å².